The maximum absolute atomic E-state index is 14.6. The van der Waals surface area contributed by atoms with Crippen LogP contribution in [0.4, 0.5) is 0 Å². The number of esters is 7. The second-order valence-corrected chi connectivity index (χ2v) is 22.3. The fourth-order valence-electron chi connectivity index (χ4n) is 7.64. The van der Waals surface area contributed by atoms with Gasteiger partial charge in [0.1, 0.15) is 31.0 Å². The van der Waals surface area contributed by atoms with E-state index in [1.54, 1.807) is 0 Å². The number of rotatable bonds is 21. The first-order valence-corrected chi connectivity index (χ1v) is 24.7. The average Bonchev–Trinajstić information content (AvgIpc) is 3.20. The standard InChI is InChI=1S/C45H67NO20Si/c1-24(2)44(10,11)67(13,14)66-42-41(62-31(9)53)40(38(61-30(8)52)34(63-42)22-56-21-32-18-16-15-17-19-32)65-45(43(54)55-12)20-33(58-27(5)49)36(46-25(3)47)39(64-45)37(60-29(7)51)35(59-28(6)50)23-57-26(4)48/h15-19,24,33-42H,20-23H2,1-14H3,(H,46,47)/t33-,34+,35+,36+,37+,38-,39+,40-,41+,42-,45-/m0/s1. The lowest BCUT2D eigenvalue weighted by Crippen LogP contribution is -2.72. The van der Waals surface area contributed by atoms with Crippen molar-refractivity contribution in [3.8, 4) is 0 Å². The van der Waals surface area contributed by atoms with Crippen LogP contribution in [0.2, 0.25) is 18.1 Å². The molecule has 0 aliphatic carbocycles. The number of carbonyl (C=O) groups is 8. The third-order valence-electron chi connectivity index (χ3n) is 11.8. The van der Waals surface area contributed by atoms with Crippen LogP contribution >= 0.6 is 0 Å². The molecule has 11 atom stereocenters. The summed E-state index contributed by atoms with van der Waals surface area (Å²) in [5.74, 6) is -10.3. The van der Waals surface area contributed by atoms with Gasteiger partial charge in [-0.15, -0.1) is 0 Å². The van der Waals surface area contributed by atoms with Gasteiger partial charge in [-0.25, -0.2) is 4.79 Å². The van der Waals surface area contributed by atoms with Gasteiger partial charge in [-0.2, -0.15) is 0 Å². The Morgan fingerprint density at radius 2 is 1.37 bits per heavy atom. The summed E-state index contributed by atoms with van der Waals surface area (Å²) in [6.07, 6.45) is -15.8. The van der Waals surface area contributed by atoms with E-state index >= 15 is 0 Å². The lowest BCUT2D eigenvalue weighted by Gasteiger charge is -2.53. The first kappa shape index (κ1) is 56.3. The topological polar surface area (TPSA) is 259 Å². The number of amides is 1. The Hall–Kier alpha value is -5.00. The van der Waals surface area contributed by atoms with E-state index in [0.717, 1.165) is 61.1 Å². The van der Waals surface area contributed by atoms with E-state index in [1.807, 2.05) is 71.1 Å². The smallest absolute Gasteiger partial charge is 0.366 e. The van der Waals surface area contributed by atoms with Gasteiger partial charge in [0, 0.05) is 48.5 Å². The molecule has 2 heterocycles. The van der Waals surface area contributed by atoms with Crippen LogP contribution in [0.1, 0.15) is 88.1 Å². The van der Waals surface area contributed by atoms with E-state index in [1.165, 1.54) is 0 Å². The molecule has 0 radical (unpaired) electrons. The lowest BCUT2D eigenvalue weighted by molar-refractivity contribution is -0.366. The fourth-order valence-corrected chi connectivity index (χ4v) is 10.1. The molecule has 1 aromatic carbocycles. The molecule has 21 nitrogen and oxygen atoms in total. The summed E-state index contributed by atoms with van der Waals surface area (Å²) in [5.41, 5.74) is 0.785. The molecule has 22 heteroatoms. The Bertz CT molecular complexity index is 1910. The van der Waals surface area contributed by atoms with Crippen LogP contribution in [-0.2, 0) is 101 Å². The number of hydrogen-bond donors (Lipinski definition) is 1. The second kappa shape index (κ2) is 24.3. The van der Waals surface area contributed by atoms with Gasteiger partial charge in [0.05, 0.1) is 32.8 Å². The van der Waals surface area contributed by atoms with Crippen LogP contribution < -0.4 is 5.32 Å². The SMILES string of the molecule is COC(=O)[C@@]1(O[C@H]2[C@@H](OC(C)=O)[C@@H](COCc3ccccc3)O[C@@H](O[Si](C)(C)C(C)(C)C(C)C)[C@@H]2OC(C)=O)C[C@H](OC(C)=O)[C@@H](NC(C)=O)[C@H]([C@H](OC(C)=O)[C@@H](COC(C)=O)OC(C)=O)O1. The van der Waals surface area contributed by atoms with Crippen LogP contribution in [0.15, 0.2) is 30.3 Å². The van der Waals surface area contributed by atoms with Crippen molar-refractivity contribution >= 4 is 56.0 Å². The van der Waals surface area contributed by atoms with Crippen molar-refractivity contribution in [1.82, 2.24) is 5.32 Å². The molecule has 2 aliphatic rings. The maximum atomic E-state index is 14.6. The zero-order chi connectivity index (χ0) is 50.6. The van der Waals surface area contributed by atoms with Gasteiger partial charge in [0.25, 0.3) is 5.79 Å². The Balaban J connectivity index is 2.44. The number of ether oxygens (including phenoxy) is 11. The molecule has 0 unspecified atom stereocenters. The van der Waals surface area contributed by atoms with Gasteiger partial charge < -0.3 is 61.8 Å². The highest BCUT2D eigenvalue weighted by molar-refractivity contribution is 6.74. The average molecular weight is 970 g/mol. The van der Waals surface area contributed by atoms with Gasteiger partial charge in [-0.3, -0.25) is 33.6 Å². The molecule has 1 aromatic rings. The minimum absolute atomic E-state index is 0.0679. The number of nitrogens with one attached hydrogen (secondary N) is 1. The van der Waals surface area contributed by atoms with Crippen molar-refractivity contribution in [1.29, 1.82) is 0 Å². The van der Waals surface area contributed by atoms with Crippen LogP contribution in [0.5, 0.6) is 0 Å². The molecule has 1 amide bonds. The van der Waals surface area contributed by atoms with Crippen LogP contribution in [-0.4, -0.2) is 143 Å². The highest BCUT2D eigenvalue weighted by atomic mass is 28.4. The monoisotopic (exact) mass is 969 g/mol. The minimum atomic E-state index is -2.98. The van der Waals surface area contributed by atoms with E-state index < -0.39 is 141 Å². The second-order valence-electron chi connectivity index (χ2n) is 17.7. The zero-order valence-electron chi connectivity index (χ0n) is 40.7. The van der Waals surface area contributed by atoms with E-state index in [0.29, 0.717) is 0 Å². The van der Waals surface area contributed by atoms with Crippen molar-refractivity contribution in [2.45, 2.75) is 174 Å². The molecular weight excluding hydrogens is 903 g/mol. The Morgan fingerprint density at radius 3 is 1.88 bits per heavy atom. The van der Waals surface area contributed by atoms with Crippen molar-refractivity contribution in [3.63, 3.8) is 0 Å². The van der Waals surface area contributed by atoms with Crippen molar-refractivity contribution in [2.75, 3.05) is 20.3 Å². The molecule has 0 saturated carbocycles. The Labute approximate surface area is 391 Å². The maximum Gasteiger partial charge on any atom is 0.366 e. The molecule has 2 fully saturated rings. The van der Waals surface area contributed by atoms with E-state index in [4.69, 9.17) is 56.5 Å². The predicted octanol–water partition coefficient (Wildman–Crippen LogP) is 3.36. The van der Waals surface area contributed by atoms with Gasteiger partial charge in [0.15, 0.2) is 39.0 Å². The van der Waals surface area contributed by atoms with Crippen LogP contribution in [0, 0.1) is 5.92 Å². The Morgan fingerprint density at radius 1 is 0.791 bits per heavy atom. The highest BCUT2D eigenvalue weighted by Crippen LogP contribution is 2.47. The number of methoxy groups -OCH3 is 1. The highest BCUT2D eigenvalue weighted by Gasteiger charge is 2.64. The molecule has 0 spiro atoms. The molecule has 0 aromatic heterocycles. The van der Waals surface area contributed by atoms with Crippen molar-refractivity contribution < 1.29 is 94.9 Å². The zero-order valence-corrected chi connectivity index (χ0v) is 41.7. The largest absolute Gasteiger partial charge is 0.465 e. The molecule has 67 heavy (non-hydrogen) atoms. The summed E-state index contributed by atoms with van der Waals surface area (Å²) in [4.78, 5) is 104. The molecule has 0 bridgehead atoms. The fraction of sp³-hybridized carbons (Fsp3) is 0.689. The summed E-state index contributed by atoms with van der Waals surface area (Å²) in [5, 5.41) is 2.14. The third-order valence-corrected chi connectivity index (χ3v) is 16.3. The first-order valence-electron chi connectivity index (χ1n) is 21.8. The number of benzene rings is 1. The number of carbonyl (C=O) groups excluding carboxylic acids is 8. The Kier molecular flexibility index (Phi) is 20.5. The molecule has 2 saturated heterocycles. The first-order chi connectivity index (χ1) is 31.1. The van der Waals surface area contributed by atoms with Gasteiger partial charge in [-0.1, -0.05) is 58.0 Å². The lowest BCUT2D eigenvalue weighted by atomic mass is 9.87. The molecule has 3 rings (SSSR count). The molecule has 2 aliphatic heterocycles. The van der Waals surface area contributed by atoms with E-state index in [9.17, 15) is 38.4 Å². The van der Waals surface area contributed by atoms with Gasteiger partial charge in [0.2, 0.25) is 5.91 Å². The molecule has 376 valence electrons. The quantitative estimate of drug-likeness (QED) is 0.105. The predicted molar refractivity (Wildman–Crippen MR) is 233 cm³/mol. The van der Waals surface area contributed by atoms with Crippen LogP contribution in [0.3, 0.4) is 0 Å². The van der Waals surface area contributed by atoms with Crippen molar-refractivity contribution in [2.24, 2.45) is 5.92 Å². The third kappa shape index (κ3) is 15.5. The van der Waals surface area contributed by atoms with Crippen molar-refractivity contribution in [3.05, 3.63) is 35.9 Å². The summed E-state index contributed by atoms with van der Waals surface area (Å²) in [7, 11) is -2.00. The van der Waals surface area contributed by atoms with E-state index in [2.05, 4.69) is 5.32 Å². The number of hydrogen-bond acceptors (Lipinski definition) is 20. The summed E-state index contributed by atoms with van der Waals surface area (Å²) in [6.45, 7) is 18.4. The van der Waals surface area contributed by atoms with E-state index in [-0.39, 0.29) is 19.1 Å². The normalized spacial score (nSPS) is 26.2. The minimum Gasteiger partial charge on any atom is -0.465 e. The van der Waals surface area contributed by atoms with Gasteiger partial charge >= 0.3 is 41.8 Å². The van der Waals surface area contributed by atoms with Crippen LogP contribution in [0.25, 0.3) is 0 Å². The summed E-state index contributed by atoms with van der Waals surface area (Å²) >= 11 is 0. The summed E-state index contributed by atoms with van der Waals surface area (Å²) < 4.78 is 72.3. The molecule has 1 N–H and O–H groups in total. The molecular formula is C45H67NO20Si. The van der Waals surface area contributed by atoms with Gasteiger partial charge in [-0.05, 0) is 29.6 Å². The summed E-state index contributed by atoms with van der Waals surface area (Å²) in [6, 6.07) is 7.59.